The van der Waals surface area contributed by atoms with Crippen molar-refractivity contribution in [1.29, 1.82) is 0 Å². The van der Waals surface area contributed by atoms with E-state index >= 15 is 0 Å². The van der Waals surface area contributed by atoms with Gasteiger partial charge in [-0.15, -0.1) is 0 Å². The van der Waals surface area contributed by atoms with Crippen molar-refractivity contribution in [1.82, 2.24) is 4.98 Å². The molecule has 1 aromatic carbocycles. The largest absolute Gasteiger partial charge is 0.334 e. The van der Waals surface area contributed by atoms with Crippen LogP contribution < -0.4 is 5.32 Å². The molecular weight excluding hydrogens is 343 g/mol. The second-order valence-corrected chi connectivity index (χ2v) is 4.57. The van der Waals surface area contributed by atoms with Gasteiger partial charge in [-0.3, -0.25) is 10.1 Å². The van der Waals surface area contributed by atoms with Gasteiger partial charge < -0.3 is 5.32 Å². The van der Waals surface area contributed by atoms with Crippen molar-refractivity contribution in [2.24, 2.45) is 0 Å². The van der Waals surface area contributed by atoms with Crippen LogP contribution in [0.15, 0.2) is 28.9 Å². The summed E-state index contributed by atoms with van der Waals surface area (Å²) in [5, 5.41) is 13.2. The third-order valence-electron chi connectivity index (χ3n) is 2.28. The third-order valence-corrected chi connectivity index (χ3v) is 2.71. The van der Waals surface area contributed by atoms with E-state index in [0.717, 1.165) is 0 Å². The van der Waals surface area contributed by atoms with E-state index in [9.17, 15) is 23.3 Å². The van der Waals surface area contributed by atoms with Gasteiger partial charge in [-0.25, -0.2) is 18.2 Å². The lowest BCUT2D eigenvalue weighted by Crippen LogP contribution is -2.01. The number of aromatic nitrogens is 1. The average molecular weight is 348 g/mol. The van der Waals surface area contributed by atoms with E-state index in [1.54, 1.807) is 0 Å². The van der Waals surface area contributed by atoms with Gasteiger partial charge >= 0.3 is 5.69 Å². The number of anilines is 2. The molecule has 1 aromatic heterocycles. The Morgan fingerprint density at radius 1 is 1.20 bits per heavy atom. The molecule has 0 saturated carbocycles. The molecule has 0 aliphatic carbocycles. The molecule has 0 saturated heterocycles. The Hall–Kier alpha value is -2.16. The zero-order chi connectivity index (χ0) is 14.9. The van der Waals surface area contributed by atoms with Crippen LogP contribution in [0.2, 0.25) is 0 Å². The molecule has 0 radical (unpaired) electrons. The van der Waals surface area contributed by atoms with E-state index in [1.807, 2.05) is 0 Å². The molecule has 0 fully saturated rings. The number of halogens is 4. The summed E-state index contributed by atoms with van der Waals surface area (Å²) in [5.74, 6) is -4.66. The molecule has 1 N–H and O–H groups in total. The molecule has 0 spiro atoms. The second-order valence-electron chi connectivity index (χ2n) is 3.66. The molecule has 20 heavy (non-hydrogen) atoms. The molecule has 0 amide bonds. The van der Waals surface area contributed by atoms with E-state index in [0.29, 0.717) is 16.6 Å². The Morgan fingerprint density at radius 3 is 2.35 bits per heavy atom. The molecule has 0 aliphatic rings. The van der Waals surface area contributed by atoms with Gasteiger partial charge in [0.05, 0.1) is 4.92 Å². The maximum Gasteiger partial charge on any atom is 0.312 e. The van der Waals surface area contributed by atoms with Crippen molar-refractivity contribution in [2.75, 3.05) is 5.32 Å². The highest BCUT2D eigenvalue weighted by Crippen LogP contribution is 2.29. The molecule has 9 heteroatoms. The number of rotatable bonds is 3. The van der Waals surface area contributed by atoms with Crippen LogP contribution in [-0.2, 0) is 0 Å². The Morgan fingerprint density at radius 2 is 1.80 bits per heavy atom. The van der Waals surface area contributed by atoms with E-state index in [4.69, 9.17) is 0 Å². The summed E-state index contributed by atoms with van der Waals surface area (Å²) in [6, 6.07) is 2.52. The topological polar surface area (TPSA) is 68.1 Å². The van der Waals surface area contributed by atoms with Crippen LogP contribution in [0.25, 0.3) is 0 Å². The number of pyridine rings is 1. The first-order valence-electron chi connectivity index (χ1n) is 5.10. The highest BCUT2D eigenvalue weighted by atomic mass is 79.9. The number of nitrogens with zero attached hydrogens (tertiary/aromatic N) is 2. The van der Waals surface area contributed by atoms with Crippen molar-refractivity contribution in [3.63, 3.8) is 0 Å². The molecule has 0 unspecified atom stereocenters. The third kappa shape index (κ3) is 2.87. The van der Waals surface area contributed by atoms with Crippen molar-refractivity contribution in [2.45, 2.75) is 0 Å². The van der Waals surface area contributed by atoms with Gasteiger partial charge in [0.1, 0.15) is 0 Å². The first-order valence-corrected chi connectivity index (χ1v) is 5.89. The van der Waals surface area contributed by atoms with Gasteiger partial charge in [-0.05, 0) is 15.9 Å². The average Bonchev–Trinajstić information content (AvgIpc) is 2.37. The number of hydrogen-bond donors (Lipinski definition) is 1. The summed E-state index contributed by atoms with van der Waals surface area (Å²) in [6.07, 6.45) is 1.27. The Balaban J connectivity index is 2.42. The van der Waals surface area contributed by atoms with Crippen molar-refractivity contribution >= 4 is 33.1 Å². The van der Waals surface area contributed by atoms with Crippen LogP contribution in [0, 0.1) is 27.6 Å². The SMILES string of the molecule is O=[N+]([O-])c1cc(Br)cnc1Nc1cc(F)c(F)c(F)c1. The lowest BCUT2D eigenvalue weighted by molar-refractivity contribution is -0.384. The summed E-state index contributed by atoms with van der Waals surface area (Å²) in [7, 11) is 0. The van der Waals surface area contributed by atoms with Crippen LogP contribution in [0.4, 0.5) is 30.4 Å². The molecular formula is C11H5BrF3N3O2. The van der Waals surface area contributed by atoms with Crippen LogP contribution in [0.5, 0.6) is 0 Å². The van der Waals surface area contributed by atoms with Gasteiger partial charge in [0.25, 0.3) is 0 Å². The van der Waals surface area contributed by atoms with Gasteiger partial charge in [0.2, 0.25) is 5.82 Å². The molecule has 2 aromatic rings. The lowest BCUT2D eigenvalue weighted by Gasteiger charge is -2.07. The standard InChI is InChI=1S/C11H5BrF3N3O2/c12-5-1-9(18(19)20)11(16-4-5)17-6-2-7(13)10(15)8(14)3-6/h1-4H,(H,16,17). The fraction of sp³-hybridized carbons (Fsp3) is 0. The molecule has 104 valence electrons. The minimum atomic E-state index is -1.62. The Bertz CT molecular complexity index is 674. The second kappa shape index (κ2) is 5.45. The summed E-state index contributed by atoms with van der Waals surface area (Å²) >= 11 is 3.02. The molecule has 0 atom stereocenters. The monoisotopic (exact) mass is 347 g/mol. The van der Waals surface area contributed by atoms with Gasteiger partial charge in [-0.1, -0.05) is 0 Å². The fourth-order valence-corrected chi connectivity index (χ4v) is 1.75. The minimum Gasteiger partial charge on any atom is -0.334 e. The normalized spacial score (nSPS) is 10.4. The summed E-state index contributed by atoms with van der Waals surface area (Å²) in [4.78, 5) is 13.9. The predicted molar refractivity (Wildman–Crippen MR) is 68.2 cm³/mol. The van der Waals surface area contributed by atoms with Gasteiger partial charge in [0, 0.05) is 34.6 Å². The van der Waals surface area contributed by atoms with Crippen LogP contribution in [0.3, 0.4) is 0 Å². The lowest BCUT2D eigenvalue weighted by atomic mass is 10.2. The number of benzene rings is 1. The summed E-state index contributed by atoms with van der Waals surface area (Å²) in [5.41, 5.74) is -0.594. The van der Waals surface area contributed by atoms with E-state index in [-0.39, 0.29) is 11.5 Å². The first kappa shape index (κ1) is 14.3. The van der Waals surface area contributed by atoms with Crippen molar-refractivity contribution in [3.05, 3.63) is 56.4 Å². The van der Waals surface area contributed by atoms with Gasteiger partial charge in [0.15, 0.2) is 17.5 Å². The molecule has 2 rings (SSSR count). The van der Waals surface area contributed by atoms with Crippen LogP contribution >= 0.6 is 15.9 Å². The van der Waals surface area contributed by atoms with E-state index in [2.05, 4.69) is 26.2 Å². The predicted octanol–water partition coefficient (Wildman–Crippen LogP) is 3.91. The van der Waals surface area contributed by atoms with Crippen molar-refractivity contribution < 1.29 is 18.1 Å². The summed E-state index contributed by atoms with van der Waals surface area (Å²) in [6.45, 7) is 0. The highest BCUT2D eigenvalue weighted by Gasteiger charge is 2.18. The minimum absolute atomic E-state index is 0.195. The number of nitro groups is 1. The number of hydrogen-bond acceptors (Lipinski definition) is 4. The number of nitrogens with one attached hydrogen (secondary N) is 1. The van der Waals surface area contributed by atoms with Gasteiger partial charge in [-0.2, -0.15) is 0 Å². The zero-order valence-corrected chi connectivity index (χ0v) is 11.1. The molecule has 0 aliphatic heterocycles. The summed E-state index contributed by atoms with van der Waals surface area (Å²) < 4.78 is 39.3. The van der Waals surface area contributed by atoms with Crippen LogP contribution in [0.1, 0.15) is 0 Å². The van der Waals surface area contributed by atoms with E-state index < -0.39 is 28.1 Å². The van der Waals surface area contributed by atoms with E-state index in [1.165, 1.54) is 12.3 Å². The molecule has 5 nitrogen and oxygen atoms in total. The Kier molecular flexibility index (Phi) is 3.89. The maximum absolute atomic E-state index is 13.0. The van der Waals surface area contributed by atoms with Crippen molar-refractivity contribution in [3.8, 4) is 0 Å². The fourth-order valence-electron chi connectivity index (χ4n) is 1.43. The van der Waals surface area contributed by atoms with Crippen LogP contribution in [-0.4, -0.2) is 9.91 Å². The quantitative estimate of drug-likeness (QED) is 0.519. The first-order chi connectivity index (χ1) is 9.38. The smallest absolute Gasteiger partial charge is 0.312 e. The Labute approximate surface area is 118 Å². The highest BCUT2D eigenvalue weighted by molar-refractivity contribution is 9.10. The molecule has 1 heterocycles. The molecule has 0 bridgehead atoms. The maximum atomic E-state index is 13.0. The zero-order valence-electron chi connectivity index (χ0n) is 9.53.